The predicted octanol–water partition coefficient (Wildman–Crippen LogP) is 3.49. The van der Waals surface area contributed by atoms with Gasteiger partial charge in [0.15, 0.2) is 5.78 Å². The summed E-state index contributed by atoms with van der Waals surface area (Å²) in [7, 11) is 1.65. The maximum atomic E-state index is 12.9. The van der Waals surface area contributed by atoms with Crippen LogP contribution in [0.25, 0.3) is 22.0 Å². The Balaban J connectivity index is 1.58. The highest BCUT2D eigenvalue weighted by atomic mass is 16.5. The summed E-state index contributed by atoms with van der Waals surface area (Å²) < 4.78 is 6.86. The Bertz CT molecular complexity index is 1310. The van der Waals surface area contributed by atoms with Crippen molar-refractivity contribution in [2.75, 3.05) is 13.7 Å². The van der Waals surface area contributed by atoms with Gasteiger partial charge in [-0.05, 0) is 53.4 Å². The standard InChI is InChI=1S/C25H22N2O4/c1-31-21-7-3-6-19(13-21)18-5-2-4-17(12-18)10-11-27-16-26-23-9-8-20(24(29)15-28)14-22(23)25(27)30/h2-9,12-14,16,28H,10-11,15H2,1H3. The highest BCUT2D eigenvalue weighted by Crippen LogP contribution is 2.24. The number of hydrogen-bond acceptors (Lipinski definition) is 5. The number of fused-ring (bicyclic) bond motifs is 1. The predicted molar refractivity (Wildman–Crippen MR) is 120 cm³/mol. The van der Waals surface area contributed by atoms with E-state index in [1.807, 2.05) is 42.5 Å². The highest BCUT2D eigenvalue weighted by Gasteiger charge is 2.10. The topological polar surface area (TPSA) is 81.4 Å². The number of nitrogens with zero attached hydrogens (tertiary/aromatic N) is 2. The number of methoxy groups -OCH3 is 1. The molecule has 0 aliphatic rings. The molecule has 1 heterocycles. The molecule has 6 heteroatoms. The number of rotatable bonds is 7. The zero-order chi connectivity index (χ0) is 21.8. The van der Waals surface area contributed by atoms with Crippen molar-refractivity contribution < 1.29 is 14.6 Å². The first-order valence-corrected chi connectivity index (χ1v) is 9.95. The second kappa shape index (κ2) is 8.93. The van der Waals surface area contributed by atoms with Crippen LogP contribution in [0, 0.1) is 0 Å². The van der Waals surface area contributed by atoms with Gasteiger partial charge in [0.25, 0.3) is 5.56 Å². The zero-order valence-electron chi connectivity index (χ0n) is 17.1. The number of hydrogen-bond donors (Lipinski definition) is 1. The summed E-state index contributed by atoms with van der Waals surface area (Å²) in [6.07, 6.45) is 2.18. The monoisotopic (exact) mass is 414 g/mol. The fourth-order valence-corrected chi connectivity index (χ4v) is 3.54. The molecular weight excluding hydrogens is 392 g/mol. The molecule has 0 aliphatic heterocycles. The van der Waals surface area contributed by atoms with Crippen LogP contribution >= 0.6 is 0 Å². The van der Waals surface area contributed by atoms with E-state index in [0.29, 0.717) is 29.4 Å². The Morgan fingerprint density at radius 1 is 1.03 bits per heavy atom. The van der Waals surface area contributed by atoms with Crippen LogP contribution in [0.3, 0.4) is 0 Å². The van der Waals surface area contributed by atoms with Gasteiger partial charge in [0.05, 0.1) is 24.3 Å². The molecule has 0 aliphatic carbocycles. The molecule has 1 aromatic heterocycles. The third-order valence-electron chi connectivity index (χ3n) is 5.26. The van der Waals surface area contributed by atoms with Gasteiger partial charge < -0.3 is 9.84 Å². The van der Waals surface area contributed by atoms with Gasteiger partial charge in [0, 0.05) is 12.1 Å². The van der Waals surface area contributed by atoms with E-state index in [9.17, 15) is 9.59 Å². The van der Waals surface area contributed by atoms with Gasteiger partial charge in [-0.25, -0.2) is 4.98 Å². The van der Waals surface area contributed by atoms with Crippen LogP contribution in [-0.2, 0) is 13.0 Å². The van der Waals surface area contributed by atoms with Crippen molar-refractivity contribution in [2.45, 2.75) is 13.0 Å². The Hall–Kier alpha value is -3.77. The third kappa shape index (κ3) is 4.39. The van der Waals surface area contributed by atoms with Crippen molar-refractivity contribution in [2.24, 2.45) is 0 Å². The molecule has 3 aromatic carbocycles. The van der Waals surface area contributed by atoms with Gasteiger partial charge in [-0.1, -0.05) is 36.4 Å². The van der Waals surface area contributed by atoms with Crippen LogP contribution in [0.1, 0.15) is 15.9 Å². The molecule has 0 radical (unpaired) electrons. The summed E-state index contributed by atoms with van der Waals surface area (Å²) in [5.74, 6) is 0.377. The number of benzene rings is 3. The summed E-state index contributed by atoms with van der Waals surface area (Å²) in [5.41, 5.74) is 3.85. The fourth-order valence-electron chi connectivity index (χ4n) is 3.54. The van der Waals surface area contributed by atoms with Gasteiger partial charge in [0.2, 0.25) is 0 Å². The minimum absolute atomic E-state index is 0.207. The molecule has 0 amide bonds. The molecule has 4 rings (SSSR count). The van der Waals surface area contributed by atoms with Crippen LogP contribution in [0.5, 0.6) is 5.75 Å². The van der Waals surface area contributed by atoms with Crippen molar-refractivity contribution in [3.05, 3.63) is 94.5 Å². The summed E-state index contributed by atoms with van der Waals surface area (Å²) >= 11 is 0. The molecule has 0 spiro atoms. The number of ketones is 1. The minimum atomic E-state index is -0.594. The first kappa shape index (κ1) is 20.5. The molecule has 4 aromatic rings. The number of aliphatic hydroxyl groups is 1. The molecule has 0 bridgehead atoms. The minimum Gasteiger partial charge on any atom is -0.497 e. The molecule has 31 heavy (non-hydrogen) atoms. The maximum absolute atomic E-state index is 12.9. The summed E-state index contributed by atoms with van der Waals surface area (Å²) in [6, 6.07) is 20.8. The summed E-state index contributed by atoms with van der Waals surface area (Å²) in [5, 5.41) is 9.44. The lowest BCUT2D eigenvalue weighted by molar-refractivity contribution is 0.0904. The number of aryl methyl sites for hydroxylation is 2. The van der Waals surface area contributed by atoms with Crippen LogP contribution in [0.15, 0.2) is 77.9 Å². The normalized spacial score (nSPS) is 10.9. The second-order valence-corrected chi connectivity index (χ2v) is 7.24. The van der Waals surface area contributed by atoms with E-state index in [1.165, 1.54) is 12.4 Å². The molecule has 1 N–H and O–H groups in total. The van der Waals surface area contributed by atoms with E-state index in [0.717, 1.165) is 22.4 Å². The van der Waals surface area contributed by atoms with Crippen molar-refractivity contribution in [1.82, 2.24) is 9.55 Å². The highest BCUT2D eigenvalue weighted by molar-refractivity contribution is 5.99. The van der Waals surface area contributed by atoms with Gasteiger partial charge in [-0.3, -0.25) is 14.2 Å². The Morgan fingerprint density at radius 2 is 1.81 bits per heavy atom. The largest absolute Gasteiger partial charge is 0.497 e. The maximum Gasteiger partial charge on any atom is 0.261 e. The molecule has 0 saturated heterocycles. The van der Waals surface area contributed by atoms with E-state index in [4.69, 9.17) is 9.84 Å². The SMILES string of the molecule is COc1cccc(-c2cccc(CCn3cnc4ccc(C(=O)CO)cc4c3=O)c2)c1. The van der Waals surface area contributed by atoms with Crippen LogP contribution in [0.4, 0.5) is 0 Å². The molecule has 0 atom stereocenters. The van der Waals surface area contributed by atoms with Crippen molar-refractivity contribution >= 4 is 16.7 Å². The Labute approximate surface area is 179 Å². The van der Waals surface area contributed by atoms with Crippen molar-refractivity contribution in [3.63, 3.8) is 0 Å². The number of aromatic nitrogens is 2. The fraction of sp³-hybridized carbons (Fsp3) is 0.160. The van der Waals surface area contributed by atoms with Crippen LogP contribution in [0.2, 0.25) is 0 Å². The number of aliphatic hydroxyl groups excluding tert-OH is 1. The lowest BCUT2D eigenvalue weighted by atomic mass is 10.0. The van der Waals surface area contributed by atoms with Crippen LogP contribution < -0.4 is 10.3 Å². The summed E-state index contributed by atoms with van der Waals surface area (Å²) in [6.45, 7) is -0.134. The second-order valence-electron chi connectivity index (χ2n) is 7.24. The number of ether oxygens (including phenoxy) is 1. The van der Waals surface area contributed by atoms with Crippen LogP contribution in [-0.4, -0.2) is 34.2 Å². The van der Waals surface area contributed by atoms with Crippen molar-refractivity contribution in [1.29, 1.82) is 0 Å². The van der Waals surface area contributed by atoms with E-state index in [2.05, 4.69) is 11.1 Å². The van der Waals surface area contributed by atoms with E-state index in [-0.39, 0.29) is 5.56 Å². The zero-order valence-corrected chi connectivity index (χ0v) is 17.1. The lowest BCUT2D eigenvalue weighted by Gasteiger charge is -2.09. The molecule has 0 unspecified atom stereocenters. The van der Waals surface area contributed by atoms with Gasteiger partial charge in [0.1, 0.15) is 12.4 Å². The van der Waals surface area contributed by atoms with Gasteiger partial charge in [-0.15, -0.1) is 0 Å². The Kier molecular flexibility index (Phi) is 5.91. The number of Topliss-reactive ketones (excluding diaryl/α,β-unsaturated/α-hetero) is 1. The van der Waals surface area contributed by atoms with E-state index in [1.54, 1.807) is 23.8 Å². The molecular formula is C25H22N2O4. The Morgan fingerprint density at radius 3 is 2.58 bits per heavy atom. The lowest BCUT2D eigenvalue weighted by Crippen LogP contribution is -2.22. The molecule has 0 saturated carbocycles. The molecule has 156 valence electrons. The van der Waals surface area contributed by atoms with E-state index < -0.39 is 12.4 Å². The number of carbonyl (C=O) groups excluding carboxylic acids is 1. The summed E-state index contributed by atoms with van der Waals surface area (Å²) in [4.78, 5) is 29.0. The quantitative estimate of drug-likeness (QED) is 0.468. The number of carbonyl (C=O) groups is 1. The molecule has 0 fully saturated rings. The molecule has 6 nitrogen and oxygen atoms in total. The first-order valence-electron chi connectivity index (χ1n) is 9.95. The van der Waals surface area contributed by atoms with Gasteiger partial charge in [-0.2, -0.15) is 0 Å². The average molecular weight is 414 g/mol. The first-order chi connectivity index (χ1) is 15.1. The van der Waals surface area contributed by atoms with Crippen molar-refractivity contribution in [3.8, 4) is 16.9 Å². The van der Waals surface area contributed by atoms with E-state index >= 15 is 0 Å². The smallest absolute Gasteiger partial charge is 0.261 e. The van der Waals surface area contributed by atoms with Gasteiger partial charge >= 0.3 is 0 Å². The average Bonchev–Trinajstić information content (AvgIpc) is 2.83. The third-order valence-corrected chi connectivity index (χ3v) is 5.26.